The average molecular weight is 567 g/mol. The summed E-state index contributed by atoms with van der Waals surface area (Å²) in [6.45, 7) is 5.10. The second-order valence-electron chi connectivity index (χ2n) is 9.93. The molecular weight excluding hydrogens is 539 g/mol. The Balaban J connectivity index is 1.11. The van der Waals surface area contributed by atoms with Gasteiger partial charge in [-0.2, -0.15) is 4.98 Å². The molecule has 0 amide bonds. The Hall–Kier alpha value is -3.80. The van der Waals surface area contributed by atoms with Crippen LogP contribution in [0.4, 0.5) is 10.2 Å². The lowest BCUT2D eigenvalue weighted by Crippen LogP contribution is -2.46. The molecule has 10 nitrogen and oxygen atoms in total. The minimum Gasteiger partial charge on any atom is -0.478 e. The number of aromatic carboxylic acids is 1. The van der Waals surface area contributed by atoms with Gasteiger partial charge in [-0.15, -0.1) is 0 Å². The van der Waals surface area contributed by atoms with E-state index in [9.17, 15) is 14.3 Å². The molecule has 208 valence electrons. The molecule has 2 aromatic carbocycles. The van der Waals surface area contributed by atoms with Gasteiger partial charge in [-0.25, -0.2) is 14.2 Å². The molecule has 2 aliphatic heterocycles. The summed E-state index contributed by atoms with van der Waals surface area (Å²) >= 11 is 5.83. The second-order valence-corrected chi connectivity index (χ2v) is 10.4. The lowest BCUT2D eigenvalue weighted by Gasteiger charge is -2.35. The highest BCUT2D eigenvalue weighted by atomic mass is 35.5. The van der Waals surface area contributed by atoms with Crippen molar-refractivity contribution in [1.82, 2.24) is 24.4 Å². The maximum Gasteiger partial charge on any atom is 0.335 e. The van der Waals surface area contributed by atoms with Crippen molar-refractivity contribution in [2.45, 2.75) is 32.2 Å². The quantitative estimate of drug-likeness (QED) is 0.322. The number of carbonyl (C=O) groups is 1. The predicted octanol–water partition coefficient (Wildman–Crippen LogP) is 4.01. The first kappa shape index (κ1) is 26.4. The number of rotatable bonds is 9. The van der Waals surface area contributed by atoms with E-state index in [4.69, 9.17) is 26.1 Å². The minimum atomic E-state index is -0.957. The molecule has 0 saturated carbocycles. The number of carboxylic acids is 1. The molecule has 12 heteroatoms. The number of anilines is 1. The Morgan fingerprint density at radius 1 is 1.12 bits per heavy atom. The van der Waals surface area contributed by atoms with Gasteiger partial charge in [-0.3, -0.25) is 9.88 Å². The molecule has 0 spiro atoms. The fourth-order valence-corrected chi connectivity index (χ4v) is 5.11. The normalized spacial score (nSPS) is 17.6. The molecule has 0 radical (unpaired) electrons. The number of halogens is 2. The summed E-state index contributed by atoms with van der Waals surface area (Å²) in [5.74, 6) is 0.531. The van der Waals surface area contributed by atoms with Crippen LogP contribution in [0.5, 0.6) is 5.88 Å². The third kappa shape index (κ3) is 5.72. The first-order valence-electron chi connectivity index (χ1n) is 13.1. The standard InChI is InChI=1S/C28H28ClFN6O4/c29-20-3-1-19(22(30)12-20)17-40-27-14-31-13-25(33-27)35-8-6-34(7-9-35)16-26-32-23-4-2-18(28(37)38)11-24(23)36(26)15-21-5-10-39-21/h1-4,11-14,21H,5-10,15-17H2,(H,37,38)/t21-/m0/s1. The van der Waals surface area contributed by atoms with E-state index in [1.54, 1.807) is 36.5 Å². The number of hydrogen-bond donors (Lipinski definition) is 1. The topological polar surface area (TPSA) is 106 Å². The summed E-state index contributed by atoms with van der Waals surface area (Å²) in [6, 6.07) is 9.52. The van der Waals surface area contributed by atoms with Crippen molar-refractivity contribution >= 4 is 34.4 Å². The molecule has 2 aromatic heterocycles. The van der Waals surface area contributed by atoms with E-state index in [1.165, 1.54) is 12.3 Å². The minimum absolute atomic E-state index is 0.0236. The van der Waals surface area contributed by atoms with Crippen molar-refractivity contribution in [3.63, 3.8) is 0 Å². The molecule has 4 heterocycles. The molecule has 2 fully saturated rings. The third-order valence-electron chi connectivity index (χ3n) is 7.31. The van der Waals surface area contributed by atoms with Crippen LogP contribution in [-0.4, -0.2) is 74.4 Å². The van der Waals surface area contributed by atoms with Crippen molar-refractivity contribution in [2.24, 2.45) is 0 Å². The Morgan fingerprint density at radius 3 is 2.67 bits per heavy atom. The SMILES string of the molecule is O=C(O)c1ccc2nc(CN3CCN(c4cncc(OCc5ccc(Cl)cc5F)n4)CC3)n(C[C@@H]3CCO3)c2c1. The fourth-order valence-electron chi connectivity index (χ4n) is 4.95. The number of fused-ring (bicyclic) bond motifs is 1. The number of ether oxygens (including phenoxy) is 2. The number of benzene rings is 2. The first-order chi connectivity index (χ1) is 19.4. The molecule has 2 aliphatic rings. The van der Waals surface area contributed by atoms with Gasteiger partial charge >= 0.3 is 5.97 Å². The second kappa shape index (κ2) is 11.4. The van der Waals surface area contributed by atoms with E-state index in [1.807, 2.05) is 0 Å². The first-order valence-corrected chi connectivity index (χ1v) is 13.5. The smallest absolute Gasteiger partial charge is 0.335 e. The average Bonchev–Trinajstić information content (AvgIpc) is 3.26. The van der Waals surface area contributed by atoms with Gasteiger partial charge in [0.2, 0.25) is 5.88 Å². The van der Waals surface area contributed by atoms with Crippen LogP contribution < -0.4 is 9.64 Å². The number of piperazine rings is 1. The van der Waals surface area contributed by atoms with Crippen LogP contribution in [0.3, 0.4) is 0 Å². The Morgan fingerprint density at radius 2 is 1.95 bits per heavy atom. The molecule has 4 aromatic rings. The van der Waals surface area contributed by atoms with E-state index >= 15 is 0 Å². The molecular formula is C28H28ClFN6O4. The molecule has 40 heavy (non-hydrogen) atoms. The van der Waals surface area contributed by atoms with E-state index in [2.05, 4.69) is 24.3 Å². The van der Waals surface area contributed by atoms with Crippen LogP contribution in [-0.2, 0) is 24.4 Å². The maximum absolute atomic E-state index is 14.1. The van der Waals surface area contributed by atoms with Gasteiger partial charge in [-0.05, 0) is 36.8 Å². The van der Waals surface area contributed by atoms with Gasteiger partial charge in [-0.1, -0.05) is 17.7 Å². The van der Waals surface area contributed by atoms with Crippen molar-refractivity contribution in [3.05, 3.63) is 76.6 Å². The fraction of sp³-hybridized carbons (Fsp3) is 0.357. The van der Waals surface area contributed by atoms with E-state index in [0.717, 1.165) is 56.1 Å². The van der Waals surface area contributed by atoms with Crippen LogP contribution in [0.25, 0.3) is 11.0 Å². The van der Waals surface area contributed by atoms with Crippen LogP contribution in [0.2, 0.25) is 5.02 Å². The third-order valence-corrected chi connectivity index (χ3v) is 7.54. The summed E-state index contributed by atoms with van der Waals surface area (Å²) in [5.41, 5.74) is 2.23. The number of aromatic nitrogens is 4. The number of imidazole rings is 1. The highest BCUT2D eigenvalue weighted by Crippen LogP contribution is 2.24. The van der Waals surface area contributed by atoms with Crippen molar-refractivity contribution < 1.29 is 23.8 Å². The lowest BCUT2D eigenvalue weighted by atomic mass is 10.1. The summed E-state index contributed by atoms with van der Waals surface area (Å²) in [4.78, 5) is 29.7. The molecule has 0 aliphatic carbocycles. The Kier molecular flexibility index (Phi) is 7.50. The van der Waals surface area contributed by atoms with E-state index in [-0.39, 0.29) is 18.3 Å². The largest absolute Gasteiger partial charge is 0.478 e. The maximum atomic E-state index is 14.1. The monoisotopic (exact) mass is 566 g/mol. The lowest BCUT2D eigenvalue weighted by molar-refractivity contribution is -0.0592. The molecule has 2 saturated heterocycles. The van der Waals surface area contributed by atoms with Gasteiger partial charge in [0, 0.05) is 43.4 Å². The Bertz CT molecular complexity index is 1540. The Labute approximate surface area is 234 Å². The van der Waals surface area contributed by atoms with Crippen molar-refractivity contribution in [2.75, 3.05) is 37.7 Å². The van der Waals surface area contributed by atoms with E-state index in [0.29, 0.717) is 35.4 Å². The highest BCUT2D eigenvalue weighted by Gasteiger charge is 2.25. The van der Waals surface area contributed by atoms with Gasteiger partial charge in [0.05, 0.1) is 48.2 Å². The van der Waals surface area contributed by atoms with Crippen LogP contribution in [0.1, 0.15) is 28.2 Å². The van der Waals surface area contributed by atoms with E-state index < -0.39 is 11.8 Å². The summed E-state index contributed by atoms with van der Waals surface area (Å²) in [6.07, 6.45) is 4.31. The molecule has 0 bridgehead atoms. The van der Waals surface area contributed by atoms with Gasteiger partial charge in [0.1, 0.15) is 18.2 Å². The molecule has 0 unspecified atom stereocenters. The van der Waals surface area contributed by atoms with Gasteiger partial charge in [0.25, 0.3) is 0 Å². The van der Waals surface area contributed by atoms with Crippen LogP contribution >= 0.6 is 11.6 Å². The summed E-state index contributed by atoms with van der Waals surface area (Å²) in [5, 5.41) is 9.81. The zero-order chi connectivity index (χ0) is 27.6. The predicted molar refractivity (Wildman–Crippen MR) is 146 cm³/mol. The zero-order valence-electron chi connectivity index (χ0n) is 21.7. The number of nitrogens with zero attached hydrogens (tertiary/aromatic N) is 6. The van der Waals surface area contributed by atoms with Gasteiger partial charge < -0.3 is 24.0 Å². The summed E-state index contributed by atoms with van der Waals surface area (Å²) in [7, 11) is 0. The van der Waals surface area contributed by atoms with Crippen molar-refractivity contribution in [1.29, 1.82) is 0 Å². The van der Waals surface area contributed by atoms with Crippen LogP contribution in [0, 0.1) is 5.82 Å². The highest BCUT2D eigenvalue weighted by molar-refractivity contribution is 6.30. The molecule has 1 N–H and O–H groups in total. The number of carboxylic acid groups (broad SMARTS) is 1. The van der Waals surface area contributed by atoms with Gasteiger partial charge in [0.15, 0.2) is 5.82 Å². The molecule has 6 rings (SSSR count). The van der Waals surface area contributed by atoms with Crippen LogP contribution in [0.15, 0.2) is 48.8 Å². The summed E-state index contributed by atoms with van der Waals surface area (Å²) < 4.78 is 27.6. The van der Waals surface area contributed by atoms with Crippen molar-refractivity contribution in [3.8, 4) is 5.88 Å². The molecule has 1 atom stereocenters. The number of hydrogen-bond acceptors (Lipinski definition) is 8. The zero-order valence-corrected chi connectivity index (χ0v) is 22.4.